The second-order valence-corrected chi connectivity index (χ2v) is 18.9. The van der Waals surface area contributed by atoms with Gasteiger partial charge in [-0.15, -0.1) is 0 Å². The van der Waals surface area contributed by atoms with Gasteiger partial charge in [0.15, 0.2) is 5.79 Å². The largest absolute Gasteiger partial charge is 0.466 e. The maximum absolute atomic E-state index is 12.5. The minimum atomic E-state index is -0.448. The van der Waals surface area contributed by atoms with Crippen LogP contribution in [0, 0.1) is 11.8 Å². The molecule has 7 heteroatoms. The Kier molecular flexibility index (Phi) is 34.2. The average molecular weight is 834 g/mol. The summed E-state index contributed by atoms with van der Waals surface area (Å²) in [4.78, 5) is 27.6. The Morgan fingerprint density at radius 3 is 1.41 bits per heavy atom. The maximum atomic E-state index is 12.5. The van der Waals surface area contributed by atoms with Crippen molar-refractivity contribution >= 4 is 11.9 Å². The van der Waals surface area contributed by atoms with Gasteiger partial charge in [0, 0.05) is 32.2 Å². The summed E-state index contributed by atoms with van der Waals surface area (Å²) < 4.78 is 24.8. The van der Waals surface area contributed by atoms with Gasteiger partial charge in [-0.3, -0.25) is 9.59 Å². The van der Waals surface area contributed by atoms with E-state index in [-0.39, 0.29) is 18.0 Å². The van der Waals surface area contributed by atoms with Crippen LogP contribution in [0.15, 0.2) is 0 Å². The number of nitrogens with zero attached hydrogens (tertiary/aromatic N) is 1. The smallest absolute Gasteiger partial charge is 0.305 e. The number of hydrogen-bond acceptors (Lipinski definition) is 7. The molecule has 0 aromatic heterocycles. The standard InChI is InChI=1S/C52H99NO6/c1-5-9-20-30-47(31-21-10-6-2)37-44-56-50(54)34-24-15-13-17-26-39-52(58-46-49(59-52)36-43-53-41-28-19-29-42-53)40-27-18-14-16-25-35-51(55)57-45-38-48(32-22-11-7-3)33-23-12-8-4/h47-49H,5-46H2,1-4H3. The quantitative estimate of drug-likeness (QED) is 0.0449. The Hall–Kier alpha value is -1.18. The average Bonchev–Trinajstić information content (AvgIpc) is 3.65. The first-order chi connectivity index (χ1) is 28.9. The molecule has 0 bridgehead atoms. The van der Waals surface area contributed by atoms with Crippen molar-refractivity contribution in [2.75, 3.05) is 39.5 Å². The van der Waals surface area contributed by atoms with Gasteiger partial charge in [0.2, 0.25) is 0 Å². The summed E-state index contributed by atoms with van der Waals surface area (Å²) in [6, 6.07) is 0. The number of esters is 2. The molecule has 2 aliphatic heterocycles. The fourth-order valence-corrected chi connectivity index (χ4v) is 9.46. The Balaban J connectivity index is 1.65. The lowest BCUT2D eigenvalue weighted by Gasteiger charge is -2.30. The molecule has 0 aromatic rings. The van der Waals surface area contributed by atoms with E-state index < -0.39 is 5.79 Å². The SMILES string of the molecule is CCCCCC(CCCCC)CCOC(=O)CCCCCCCC1(CCCCCCCC(=O)OCCC(CCCCC)CCCCC)OCC(CCN2CCCCC2)O1. The minimum absolute atomic E-state index is 0.0113. The predicted molar refractivity (Wildman–Crippen MR) is 248 cm³/mol. The first-order valence-electron chi connectivity index (χ1n) is 26.3. The summed E-state index contributed by atoms with van der Waals surface area (Å²) in [5.41, 5.74) is 0. The third-order valence-electron chi connectivity index (χ3n) is 13.4. The van der Waals surface area contributed by atoms with Gasteiger partial charge in [0.25, 0.3) is 0 Å². The number of hydrogen-bond donors (Lipinski definition) is 0. The Morgan fingerprint density at radius 2 is 0.966 bits per heavy atom. The normalized spacial score (nSPS) is 17.0. The zero-order valence-corrected chi connectivity index (χ0v) is 39.8. The van der Waals surface area contributed by atoms with Crippen LogP contribution in [-0.4, -0.2) is 68.2 Å². The molecular formula is C52H99NO6. The summed E-state index contributed by atoms with van der Waals surface area (Å²) in [5, 5.41) is 0. The zero-order valence-electron chi connectivity index (χ0n) is 39.8. The van der Waals surface area contributed by atoms with Gasteiger partial charge in [-0.2, -0.15) is 0 Å². The number of rotatable bonds is 41. The Morgan fingerprint density at radius 1 is 0.542 bits per heavy atom. The predicted octanol–water partition coefficient (Wildman–Crippen LogP) is 14.9. The number of carbonyl (C=O) groups excluding carboxylic acids is 2. The molecule has 2 fully saturated rings. The number of likely N-dealkylation sites (tertiary alicyclic amines) is 1. The van der Waals surface area contributed by atoms with Crippen molar-refractivity contribution in [2.45, 2.75) is 271 Å². The van der Waals surface area contributed by atoms with Crippen LogP contribution in [0.25, 0.3) is 0 Å². The molecule has 1 atom stereocenters. The molecule has 59 heavy (non-hydrogen) atoms. The molecule has 2 rings (SSSR count). The van der Waals surface area contributed by atoms with Crippen molar-refractivity contribution in [1.82, 2.24) is 4.90 Å². The Bertz CT molecular complexity index is 893. The highest BCUT2D eigenvalue weighted by molar-refractivity contribution is 5.69. The molecule has 0 aliphatic carbocycles. The molecule has 0 amide bonds. The lowest BCUT2D eigenvalue weighted by atomic mass is 9.92. The Labute approximate surface area is 366 Å². The molecule has 2 heterocycles. The molecule has 348 valence electrons. The van der Waals surface area contributed by atoms with E-state index in [9.17, 15) is 9.59 Å². The molecule has 0 saturated carbocycles. The van der Waals surface area contributed by atoms with Crippen LogP contribution in [0.5, 0.6) is 0 Å². The van der Waals surface area contributed by atoms with E-state index in [1.54, 1.807) is 0 Å². The third-order valence-corrected chi connectivity index (χ3v) is 13.4. The van der Waals surface area contributed by atoms with Gasteiger partial charge < -0.3 is 23.8 Å². The summed E-state index contributed by atoms with van der Waals surface area (Å²) in [5.74, 6) is 0.940. The molecule has 1 unspecified atom stereocenters. The highest BCUT2D eigenvalue weighted by Gasteiger charge is 2.40. The molecule has 0 spiro atoms. The molecule has 2 aliphatic rings. The van der Waals surface area contributed by atoms with Crippen molar-refractivity contribution in [3.63, 3.8) is 0 Å². The second kappa shape index (κ2) is 37.4. The van der Waals surface area contributed by atoms with Crippen molar-refractivity contribution in [1.29, 1.82) is 0 Å². The maximum Gasteiger partial charge on any atom is 0.305 e. The number of carbonyl (C=O) groups is 2. The van der Waals surface area contributed by atoms with Crippen LogP contribution in [0.1, 0.15) is 259 Å². The molecule has 0 radical (unpaired) electrons. The van der Waals surface area contributed by atoms with Crippen LogP contribution in [0.4, 0.5) is 0 Å². The lowest BCUT2D eigenvalue weighted by Crippen LogP contribution is -2.34. The van der Waals surface area contributed by atoms with Crippen LogP contribution >= 0.6 is 0 Å². The topological polar surface area (TPSA) is 74.3 Å². The van der Waals surface area contributed by atoms with Crippen LogP contribution in [0.2, 0.25) is 0 Å². The van der Waals surface area contributed by atoms with E-state index in [1.807, 2.05) is 0 Å². The highest BCUT2D eigenvalue weighted by atomic mass is 16.7. The lowest BCUT2D eigenvalue weighted by molar-refractivity contribution is -0.180. The first-order valence-corrected chi connectivity index (χ1v) is 26.3. The fourth-order valence-electron chi connectivity index (χ4n) is 9.46. The molecule has 0 aromatic carbocycles. The minimum Gasteiger partial charge on any atom is -0.466 e. The number of unbranched alkanes of at least 4 members (excludes halogenated alkanes) is 16. The van der Waals surface area contributed by atoms with Crippen LogP contribution in [0.3, 0.4) is 0 Å². The highest BCUT2D eigenvalue weighted by Crippen LogP contribution is 2.36. The first kappa shape index (κ1) is 54.0. The summed E-state index contributed by atoms with van der Waals surface area (Å²) in [6.45, 7) is 14.5. The number of ether oxygens (including phenoxy) is 4. The summed E-state index contributed by atoms with van der Waals surface area (Å²) >= 11 is 0. The van der Waals surface area contributed by atoms with E-state index in [1.165, 1.54) is 135 Å². The van der Waals surface area contributed by atoms with E-state index in [2.05, 4.69) is 32.6 Å². The van der Waals surface area contributed by atoms with E-state index in [0.717, 1.165) is 103 Å². The third kappa shape index (κ3) is 28.9. The van der Waals surface area contributed by atoms with Crippen LogP contribution in [-0.2, 0) is 28.5 Å². The zero-order chi connectivity index (χ0) is 42.5. The van der Waals surface area contributed by atoms with Crippen molar-refractivity contribution in [2.24, 2.45) is 11.8 Å². The van der Waals surface area contributed by atoms with Gasteiger partial charge >= 0.3 is 11.9 Å². The molecular weight excluding hydrogens is 735 g/mol. The van der Waals surface area contributed by atoms with E-state index >= 15 is 0 Å². The van der Waals surface area contributed by atoms with Crippen molar-refractivity contribution in [3.05, 3.63) is 0 Å². The van der Waals surface area contributed by atoms with Gasteiger partial charge in [0.1, 0.15) is 0 Å². The van der Waals surface area contributed by atoms with Gasteiger partial charge in [-0.1, -0.05) is 175 Å². The van der Waals surface area contributed by atoms with Crippen molar-refractivity contribution < 1.29 is 28.5 Å². The summed E-state index contributed by atoms with van der Waals surface area (Å²) in [6.07, 6.45) is 41.7. The fraction of sp³-hybridized carbons (Fsp3) is 0.962. The van der Waals surface area contributed by atoms with E-state index in [0.29, 0.717) is 44.5 Å². The van der Waals surface area contributed by atoms with Crippen LogP contribution < -0.4 is 0 Å². The number of piperidine rings is 1. The van der Waals surface area contributed by atoms with Gasteiger partial charge in [0.05, 0.1) is 25.9 Å². The molecule has 7 nitrogen and oxygen atoms in total. The van der Waals surface area contributed by atoms with Gasteiger partial charge in [-0.05, 0) is 82.7 Å². The molecule has 2 saturated heterocycles. The van der Waals surface area contributed by atoms with Crippen molar-refractivity contribution in [3.8, 4) is 0 Å². The monoisotopic (exact) mass is 834 g/mol. The second-order valence-electron chi connectivity index (χ2n) is 18.9. The van der Waals surface area contributed by atoms with E-state index in [4.69, 9.17) is 18.9 Å². The molecule has 0 N–H and O–H groups in total. The van der Waals surface area contributed by atoms with Gasteiger partial charge in [-0.25, -0.2) is 0 Å². The summed E-state index contributed by atoms with van der Waals surface area (Å²) in [7, 11) is 0.